The Labute approximate surface area is 171 Å². The lowest BCUT2D eigenvalue weighted by molar-refractivity contribution is -0.138. The van der Waals surface area contributed by atoms with Crippen molar-refractivity contribution in [1.82, 2.24) is 4.90 Å². The summed E-state index contributed by atoms with van der Waals surface area (Å²) in [6.07, 6.45) is 5.45. The highest BCUT2D eigenvalue weighted by molar-refractivity contribution is 6.30. The fourth-order valence-corrected chi connectivity index (χ4v) is 4.99. The number of hydrogen-bond acceptors (Lipinski definition) is 2. The maximum absolute atomic E-state index is 13.6. The zero-order chi connectivity index (χ0) is 19.6. The molecule has 2 fully saturated rings. The van der Waals surface area contributed by atoms with Crippen LogP contribution in [-0.4, -0.2) is 29.7 Å². The first-order chi connectivity index (χ1) is 13.6. The van der Waals surface area contributed by atoms with Gasteiger partial charge in [-0.1, -0.05) is 66.9 Å². The van der Waals surface area contributed by atoms with Crippen molar-refractivity contribution >= 4 is 23.3 Å². The van der Waals surface area contributed by atoms with Crippen molar-refractivity contribution < 1.29 is 9.59 Å². The molecule has 4 heteroatoms. The topological polar surface area (TPSA) is 37.4 Å². The first kappa shape index (κ1) is 19.2. The lowest BCUT2D eigenvalue weighted by atomic mass is 9.76. The van der Waals surface area contributed by atoms with Crippen LogP contribution in [0.1, 0.15) is 54.4 Å². The molecule has 1 saturated carbocycles. The minimum Gasteiger partial charge on any atom is -0.342 e. The average molecular weight is 396 g/mol. The standard InChI is InChI=1S/C24H26ClNO2/c25-21-10-8-20(9-11-21)24(14-4-5-15-24)23(28)26-16-12-19(13-17-26)22(27)18-6-2-1-3-7-18/h1-3,6-11,19H,4-5,12-17H2. The summed E-state index contributed by atoms with van der Waals surface area (Å²) < 4.78 is 0. The largest absolute Gasteiger partial charge is 0.342 e. The van der Waals surface area contributed by atoms with Crippen molar-refractivity contribution in [3.8, 4) is 0 Å². The number of nitrogens with zero attached hydrogens (tertiary/aromatic N) is 1. The second-order valence-electron chi connectivity index (χ2n) is 8.09. The lowest BCUT2D eigenvalue weighted by Gasteiger charge is -2.38. The van der Waals surface area contributed by atoms with E-state index in [-0.39, 0.29) is 17.6 Å². The van der Waals surface area contributed by atoms with Gasteiger partial charge in [-0.2, -0.15) is 0 Å². The summed E-state index contributed by atoms with van der Waals surface area (Å²) in [5, 5.41) is 0.699. The van der Waals surface area contributed by atoms with E-state index in [2.05, 4.69) is 0 Å². The summed E-state index contributed by atoms with van der Waals surface area (Å²) in [5.41, 5.74) is 1.45. The van der Waals surface area contributed by atoms with E-state index in [9.17, 15) is 9.59 Å². The van der Waals surface area contributed by atoms with Gasteiger partial charge in [-0.25, -0.2) is 0 Å². The van der Waals surface area contributed by atoms with Gasteiger partial charge in [0.05, 0.1) is 5.41 Å². The summed E-state index contributed by atoms with van der Waals surface area (Å²) in [6.45, 7) is 1.33. The van der Waals surface area contributed by atoms with E-state index >= 15 is 0 Å². The van der Waals surface area contributed by atoms with Crippen molar-refractivity contribution in [3.63, 3.8) is 0 Å². The third-order valence-corrected chi connectivity index (χ3v) is 6.73. The van der Waals surface area contributed by atoms with Gasteiger partial charge < -0.3 is 4.90 Å². The second kappa shape index (κ2) is 8.08. The molecular formula is C24H26ClNO2. The molecule has 0 unspecified atom stereocenters. The van der Waals surface area contributed by atoms with Gasteiger partial charge in [-0.3, -0.25) is 9.59 Å². The first-order valence-corrected chi connectivity index (χ1v) is 10.6. The van der Waals surface area contributed by atoms with Crippen LogP contribution >= 0.6 is 11.6 Å². The Morgan fingerprint density at radius 3 is 2.11 bits per heavy atom. The Balaban J connectivity index is 1.47. The molecule has 3 nitrogen and oxygen atoms in total. The van der Waals surface area contributed by atoms with Gasteiger partial charge in [0.25, 0.3) is 0 Å². The van der Waals surface area contributed by atoms with Crippen LogP contribution in [0.2, 0.25) is 5.02 Å². The molecule has 1 heterocycles. The number of amides is 1. The molecular weight excluding hydrogens is 370 g/mol. The van der Waals surface area contributed by atoms with Crippen molar-refractivity contribution in [3.05, 3.63) is 70.7 Å². The Bertz CT molecular complexity index is 833. The van der Waals surface area contributed by atoms with E-state index in [4.69, 9.17) is 11.6 Å². The smallest absolute Gasteiger partial charge is 0.233 e. The van der Waals surface area contributed by atoms with Crippen LogP contribution in [0.4, 0.5) is 0 Å². The minimum atomic E-state index is -0.416. The number of benzene rings is 2. The van der Waals surface area contributed by atoms with Gasteiger partial charge in [-0.05, 0) is 43.4 Å². The fourth-order valence-electron chi connectivity index (χ4n) is 4.86. The molecule has 1 amide bonds. The van der Waals surface area contributed by atoms with Crippen molar-refractivity contribution in [1.29, 1.82) is 0 Å². The molecule has 1 aliphatic carbocycles. The second-order valence-corrected chi connectivity index (χ2v) is 8.53. The Hall–Kier alpha value is -2.13. The van der Waals surface area contributed by atoms with Gasteiger partial charge in [0, 0.05) is 29.6 Å². The van der Waals surface area contributed by atoms with Crippen LogP contribution in [0.3, 0.4) is 0 Å². The van der Waals surface area contributed by atoms with Gasteiger partial charge in [0.15, 0.2) is 5.78 Å². The first-order valence-electron chi connectivity index (χ1n) is 10.2. The summed E-state index contributed by atoms with van der Waals surface area (Å²) in [7, 11) is 0. The number of carbonyl (C=O) groups excluding carboxylic acids is 2. The molecule has 0 bridgehead atoms. The molecule has 0 atom stereocenters. The fraction of sp³-hybridized carbons (Fsp3) is 0.417. The molecule has 1 saturated heterocycles. The molecule has 4 rings (SSSR count). The number of piperidine rings is 1. The van der Waals surface area contributed by atoms with Crippen LogP contribution in [0, 0.1) is 5.92 Å². The van der Waals surface area contributed by atoms with E-state index < -0.39 is 5.41 Å². The zero-order valence-corrected chi connectivity index (χ0v) is 16.8. The third kappa shape index (κ3) is 3.60. The molecule has 2 aliphatic rings. The molecule has 28 heavy (non-hydrogen) atoms. The van der Waals surface area contributed by atoms with Crippen LogP contribution in [0.5, 0.6) is 0 Å². The molecule has 2 aromatic rings. The third-order valence-electron chi connectivity index (χ3n) is 6.47. The summed E-state index contributed by atoms with van der Waals surface area (Å²) in [6, 6.07) is 17.3. The lowest BCUT2D eigenvalue weighted by Crippen LogP contribution is -2.49. The number of likely N-dealkylation sites (tertiary alicyclic amines) is 1. The van der Waals surface area contributed by atoms with E-state index in [0.717, 1.165) is 49.7 Å². The molecule has 2 aromatic carbocycles. The van der Waals surface area contributed by atoms with Gasteiger partial charge in [-0.15, -0.1) is 0 Å². The SMILES string of the molecule is O=C(c1ccccc1)C1CCN(C(=O)C2(c3ccc(Cl)cc3)CCCC2)CC1. The Kier molecular flexibility index (Phi) is 5.54. The predicted octanol–water partition coefficient (Wildman–Crippen LogP) is 5.27. The maximum Gasteiger partial charge on any atom is 0.233 e. The number of halogens is 1. The van der Waals surface area contributed by atoms with Gasteiger partial charge >= 0.3 is 0 Å². The molecule has 0 radical (unpaired) electrons. The molecule has 1 aliphatic heterocycles. The molecule has 0 spiro atoms. The van der Waals surface area contributed by atoms with E-state index in [1.807, 2.05) is 59.5 Å². The summed E-state index contributed by atoms with van der Waals surface area (Å²) >= 11 is 6.06. The van der Waals surface area contributed by atoms with E-state index in [1.165, 1.54) is 0 Å². The quantitative estimate of drug-likeness (QED) is 0.661. The van der Waals surface area contributed by atoms with Crippen LogP contribution in [0.25, 0.3) is 0 Å². The molecule has 0 N–H and O–H groups in total. The minimum absolute atomic E-state index is 0.0153. The number of hydrogen-bond donors (Lipinski definition) is 0. The Morgan fingerprint density at radius 1 is 0.893 bits per heavy atom. The summed E-state index contributed by atoms with van der Waals surface area (Å²) in [5.74, 6) is 0.459. The number of ketones is 1. The van der Waals surface area contributed by atoms with Crippen molar-refractivity contribution in [2.24, 2.45) is 5.92 Å². The van der Waals surface area contributed by atoms with Crippen LogP contribution in [-0.2, 0) is 10.2 Å². The molecule has 0 aromatic heterocycles. The highest BCUT2D eigenvalue weighted by Gasteiger charge is 2.45. The molecule has 146 valence electrons. The van der Waals surface area contributed by atoms with Crippen LogP contribution < -0.4 is 0 Å². The van der Waals surface area contributed by atoms with Crippen molar-refractivity contribution in [2.45, 2.75) is 43.9 Å². The van der Waals surface area contributed by atoms with Gasteiger partial charge in [0.2, 0.25) is 5.91 Å². The number of carbonyl (C=O) groups is 2. The predicted molar refractivity (Wildman–Crippen MR) is 112 cm³/mol. The zero-order valence-electron chi connectivity index (χ0n) is 16.1. The highest BCUT2D eigenvalue weighted by atomic mass is 35.5. The number of rotatable bonds is 4. The summed E-state index contributed by atoms with van der Waals surface area (Å²) in [4.78, 5) is 28.3. The normalized spacial score (nSPS) is 19.5. The number of Topliss-reactive ketones (excluding diaryl/α,β-unsaturated/α-hetero) is 1. The van der Waals surface area contributed by atoms with Crippen LogP contribution in [0.15, 0.2) is 54.6 Å². The Morgan fingerprint density at radius 2 is 1.50 bits per heavy atom. The average Bonchev–Trinajstić information content (AvgIpc) is 3.25. The van der Waals surface area contributed by atoms with E-state index in [1.54, 1.807) is 0 Å². The van der Waals surface area contributed by atoms with E-state index in [0.29, 0.717) is 18.1 Å². The highest BCUT2D eigenvalue weighted by Crippen LogP contribution is 2.43. The maximum atomic E-state index is 13.6. The van der Waals surface area contributed by atoms with Crippen molar-refractivity contribution in [2.75, 3.05) is 13.1 Å². The van der Waals surface area contributed by atoms with Gasteiger partial charge in [0.1, 0.15) is 0 Å². The monoisotopic (exact) mass is 395 g/mol.